The Hall–Kier alpha value is 2.32. The molecule has 0 saturated carbocycles. The minimum absolute atomic E-state index is 0. The van der Waals surface area contributed by atoms with Crippen molar-refractivity contribution in [3.63, 3.8) is 0 Å². The summed E-state index contributed by atoms with van der Waals surface area (Å²) >= 11 is 6.44. The number of hydrogen-bond donors (Lipinski definition) is 2. The summed E-state index contributed by atoms with van der Waals surface area (Å²) in [6.45, 7) is 0. The van der Waals surface area contributed by atoms with E-state index in [-0.39, 0.29) is 48.6 Å². The standard InChI is InChI=1S/Ag.Bi.H2S2.3H/c;;1-2;;;/h;;1-2H;;;. The van der Waals surface area contributed by atoms with Crippen LogP contribution in [0.5, 0.6) is 0 Å². The van der Waals surface area contributed by atoms with E-state index in [4.69, 9.17) is 0 Å². The van der Waals surface area contributed by atoms with Crippen molar-refractivity contribution in [3.8, 4) is 0 Å². The molecule has 0 aromatic rings. The molecule has 0 heterocycles. The fourth-order valence-electron chi connectivity index (χ4n) is 0. The number of hydrogen-bond acceptors (Lipinski definition) is 2. The van der Waals surface area contributed by atoms with Gasteiger partial charge in [0, 0.05) is 22.4 Å². The first kappa shape index (κ1) is 16.2. The van der Waals surface area contributed by atoms with Crippen molar-refractivity contribution in [2.45, 2.75) is 0 Å². The third-order valence-electron chi connectivity index (χ3n) is 0. The molecule has 0 rings (SSSR count). The van der Waals surface area contributed by atoms with Crippen molar-refractivity contribution in [3.05, 3.63) is 0 Å². The second kappa shape index (κ2) is 18.4. The Balaban J connectivity index is -0.00000000500. The first-order valence-electron chi connectivity index (χ1n) is 0.200. The van der Waals surface area contributed by atoms with E-state index in [9.17, 15) is 0 Å². The zero-order valence-corrected chi connectivity index (χ0v) is 10.7. The predicted molar refractivity (Wildman–Crippen MR) is 27.9 cm³/mol. The van der Waals surface area contributed by atoms with E-state index < -0.39 is 0 Å². The van der Waals surface area contributed by atoms with Gasteiger partial charge in [-0.05, 0) is 0 Å². The van der Waals surface area contributed by atoms with E-state index in [2.05, 4.69) is 23.3 Å². The van der Waals surface area contributed by atoms with Gasteiger partial charge >= 0.3 is 26.2 Å². The van der Waals surface area contributed by atoms with Crippen molar-refractivity contribution in [2.75, 3.05) is 0 Å². The summed E-state index contributed by atoms with van der Waals surface area (Å²) in [7, 11) is 0. The molecule has 33 valence electrons. The molecule has 0 nitrogen and oxygen atoms in total. The van der Waals surface area contributed by atoms with E-state index >= 15 is 0 Å². The molecule has 4 heteroatoms. The first-order chi connectivity index (χ1) is 1.00. The van der Waals surface area contributed by atoms with E-state index in [1.54, 1.807) is 0 Å². The van der Waals surface area contributed by atoms with E-state index in [1.165, 1.54) is 0 Å². The summed E-state index contributed by atoms with van der Waals surface area (Å²) in [6.07, 6.45) is 0. The average Bonchev–Trinajstić information content (AvgIpc) is 1.00. The van der Waals surface area contributed by atoms with Crippen molar-refractivity contribution in [1.82, 2.24) is 0 Å². The molecule has 0 amide bonds. The zero-order chi connectivity index (χ0) is 2.00. The summed E-state index contributed by atoms with van der Waals surface area (Å²) in [5.41, 5.74) is 0. The van der Waals surface area contributed by atoms with E-state index in [0.29, 0.717) is 0 Å². The quantitative estimate of drug-likeness (QED) is 0.316. The van der Waals surface area contributed by atoms with Crippen LogP contribution >= 0.6 is 23.3 Å². The predicted octanol–water partition coefficient (Wildman–Crippen LogP) is -0.425. The summed E-state index contributed by atoms with van der Waals surface area (Å²) in [5, 5.41) is 0. The van der Waals surface area contributed by atoms with Crippen LogP contribution in [0.15, 0.2) is 0 Å². The zero-order valence-electron chi connectivity index (χ0n) is 1.90. The molecule has 0 bridgehead atoms. The van der Waals surface area contributed by atoms with Crippen molar-refractivity contribution in [2.24, 2.45) is 0 Å². The Morgan fingerprint density at radius 2 is 1.00 bits per heavy atom. The normalized spacial score (nSPS) is 1.50. The molecule has 0 saturated heterocycles. The molecule has 0 aromatic carbocycles. The van der Waals surface area contributed by atoms with Crippen LogP contribution in [0, 0.1) is 0 Å². The van der Waals surface area contributed by atoms with Gasteiger partial charge in [0.1, 0.15) is 0 Å². The van der Waals surface area contributed by atoms with Crippen LogP contribution in [0.2, 0.25) is 0 Å². The first-order valence-corrected chi connectivity index (χ1v) is 1.80. The summed E-state index contributed by atoms with van der Waals surface area (Å²) in [5.74, 6) is 0. The van der Waals surface area contributed by atoms with Gasteiger partial charge in [0.25, 0.3) is 0 Å². The number of rotatable bonds is 0. The molecule has 0 aliphatic rings. The molecule has 0 spiro atoms. The van der Waals surface area contributed by atoms with E-state index in [0.717, 1.165) is 0 Å². The topological polar surface area (TPSA) is 0 Å². The monoisotopic (exact) mass is 385 g/mol. The Bertz CT molecular complexity index is 6.00. The van der Waals surface area contributed by atoms with Gasteiger partial charge in [-0.3, -0.25) is 0 Å². The molecule has 0 aromatic heterocycles. The molecule has 4 heavy (non-hydrogen) atoms. The third-order valence-corrected chi connectivity index (χ3v) is 0. The molecule has 0 fully saturated rings. The van der Waals surface area contributed by atoms with Crippen LogP contribution in [-0.2, 0) is 22.4 Å². The van der Waals surface area contributed by atoms with Crippen LogP contribution in [0.3, 0.4) is 0 Å². The van der Waals surface area contributed by atoms with Gasteiger partial charge in [-0.1, -0.05) is 0 Å². The molecule has 0 unspecified atom stereocenters. The molecular weight excluding hydrogens is 381 g/mol. The van der Waals surface area contributed by atoms with Gasteiger partial charge in [0.2, 0.25) is 0 Å². The summed E-state index contributed by atoms with van der Waals surface area (Å²) in [6, 6.07) is 0. The maximum atomic E-state index is 3.22. The minimum atomic E-state index is 0. The van der Waals surface area contributed by atoms with Crippen LogP contribution in [-0.4, -0.2) is 26.2 Å². The molecule has 0 atom stereocenters. The van der Waals surface area contributed by atoms with Crippen LogP contribution in [0.25, 0.3) is 0 Å². The Kier molecular flexibility index (Phi) is 74.8. The van der Waals surface area contributed by atoms with Gasteiger partial charge in [-0.2, -0.15) is 0 Å². The summed E-state index contributed by atoms with van der Waals surface area (Å²) < 4.78 is 0. The average molecular weight is 386 g/mol. The van der Waals surface area contributed by atoms with Crippen molar-refractivity contribution < 1.29 is 22.4 Å². The second-order valence-corrected chi connectivity index (χ2v) is 0. The van der Waals surface area contributed by atoms with Crippen LogP contribution in [0.1, 0.15) is 0 Å². The number of thiol groups is 2. The van der Waals surface area contributed by atoms with Crippen LogP contribution < -0.4 is 0 Å². The van der Waals surface area contributed by atoms with Crippen molar-refractivity contribution in [1.29, 1.82) is 0 Å². The van der Waals surface area contributed by atoms with E-state index in [1.807, 2.05) is 0 Å². The molecule has 0 aliphatic heterocycles. The fourth-order valence-corrected chi connectivity index (χ4v) is 0. The molecule has 0 N–H and O–H groups in total. The van der Waals surface area contributed by atoms with Gasteiger partial charge < -0.3 is 0 Å². The molecule has 1 radical (unpaired) electrons. The second-order valence-electron chi connectivity index (χ2n) is 0. The molecule has 0 aliphatic carbocycles. The SMILES string of the molecule is SS.[Ag].[BiH3]. The van der Waals surface area contributed by atoms with Gasteiger partial charge in [-0.15, -0.1) is 23.3 Å². The summed E-state index contributed by atoms with van der Waals surface area (Å²) in [4.78, 5) is 0. The Morgan fingerprint density at radius 1 is 1.00 bits per heavy atom. The maximum absolute atomic E-state index is 3.22. The van der Waals surface area contributed by atoms with Gasteiger partial charge in [0.15, 0.2) is 0 Å². The van der Waals surface area contributed by atoms with Gasteiger partial charge in [0.05, 0.1) is 0 Å². The fraction of sp³-hybridized carbons (Fsp3) is 0. The Labute approximate surface area is 71.0 Å². The third kappa shape index (κ3) is 8.85. The molecular formula is H5AgBiS2. The Morgan fingerprint density at radius 3 is 1.00 bits per heavy atom. The van der Waals surface area contributed by atoms with Crippen molar-refractivity contribution >= 4 is 49.5 Å². The van der Waals surface area contributed by atoms with Crippen LogP contribution in [0.4, 0.5) is 0 Å². The van der Waals surface area contributed by atoms with Gasteiger partial charge in [-0.25, -0.2) is 0 Å².